The highest BCUT2D eigenvalue weighted by molar-refractivity contribution is 6.26. The lowest BCUT2D eigenvalue weighted by Crippen LogP contribution is -2.29. The van der Waals surface area contributed by atoms with Crippen LogP contribution in [0.5, 0.6) is 0 Å². The van der Waals surface area contributed by atoms with Crippen LogP contribution in [0, 0.1) is 19.3 Å². The zero-order chi connectivity index (χ0) is 23.4. The summed E-state index contributed by atoms with van der Waals surface area (Å²) in [5.41, 5.74) is 10.2. The summed E-state index contributed by atoms with van der Waals surface area (Å²) in [5.74, 6) is 0.657. The Morgan fingerprint density at radius 3 is 2.38 bits per heavy atom. The lowest BCUT2D eigenvalue weighted by molar-refractivity contribution is -0.643. The summed E-state index contributed by atoms with van der Waals surface area (Å²) >= 11 is 0. The fraction of sp³-hybridized carbons (Fsp3) is 0.344. The van der Waals surface area contributed by atoms with Gasteiger partial charge in [-0.2, -0.15) is 0 Å². The maximum absolute atomic E-state index is 2.59. The molecule has 0 amide bonds. The zero-order valence-corrected chi connectivity index (χ0v) is 21.0. The SMILES string of the molecule is Cc1cc(C)c2c3c1c1ccccc1n3c1cc(C3CCC(C)(C)CC3)cc3cc[n+](C)c2c31. The van der Waals surface area contributed by atoms with Gasteiger partial charge in [0, 0.05) is 16.8 Å². The van der Waals surface area contributed by atoms with E-state index in [0.717, 1.165) is 0 Å². The van der Waals surface area contributed by atoms with Gasteiger partial charge in [0.2, 0.25) is 5.52 Å². The van der Waals surface area contributed by atoms with Gasteiger partial charge in [0.05, 0.1) is 27.3 Å². The minimum Gasteiger partial charge on any atom is -0.307 e. The van der Waals surface area contributed by atoms with Gasteiger partial charge in [-0.1, -0.05) is 44.2 Å². The third-order valence-electron chi connectivity index (χ3n) is 8.86. The second-order valence-electron chi connectivity index (χ2n) is 11.7. The molecule has 2 heteroatoms. The minimum atomic E-state index is 0.485. The Morgan fingerprint density at radius 1 is 0.853 bits per heavy atom. The number of benzene rings is 3. The molecule has 0 spiro atoms. The Kier molecular flexibility index (Phi) is 4.00. The molecule has 0 unspecified atom stereocenters. The van der Waals surface area contributed by atoms with E-state index in [9.17, 15) is 0 Å². The number of fused-ring (bicyclic) bond motifs is 5. The molecule has 1 fully saturated rings. The van der Waals surface area contributed by atoms with Crippen molar-refractivity contribution in [3.05, 3.63) is 71.4 Å². The number of pyridine rings is 2. The smallest absolute Gasteiger partial charge is 0.224 e. The average Bonchev–Trinajstić information content (AvgIpc) is 3.16. The van der Waals surface area contributed by atoms with E-state index < -0.39 is 0 Å². The lowest BCUT2D eigenvalue weighted by Gasteiger charge is -2.34. The van der Waals surface area contributed by atoms with E-state index in [0.29, 0.717) is 11.3 Å². The first kappa shape index (κ1) is 20.3. The van der Waals surface area contributed by atoms with Crippen LogP contribution in [0.3, 0.4) is 0 Å². The summed E-state index contributed by atoms with van der Waals surface area (Å²) in [6, 6.07) is 18.8. The fourth-order valence-corrected chi connectivity index (χ4v) is 7.03. The minimum absolute atomic E-state index is 0.485. The monoisotopic (exact) mass is 445 g/mol. The molecule has 1 aliphatic rings. The molecule has 170 valence electrons. The first-order chi connectivity index (χ1) is 16.3. The average molecular weight is 446 g/mol. The number of aryl methyl sites for hydroxylation is 3. The van der Waals surface area contributed by atoms with Gasteiger partial charge in [-0.05, 0) is 85.1 Å². The molecule has 1 saturated carbocycles. The molecule has 3 heterocycles. The van der Waals surface area contributed by atoms with Crippen molar-refractivity contribution < 1.29 is 4.57 Å². The molecule has 0 N–H and O–H groups in total. The molecule has 34 heavy (non-hydrogen) atoms. The number of hydrogen-bond acceptors (Lipinski definition) is 0. The second-order valence-corrected chi connectivity index (χ2v) is 11.7. The van der Waals surface area contributed by atoms with E-state index in [1.807, 2.05) is 0 Å². The van der Waals surface area contributed by atoms with Crippen LogP contribution in [-0.2, 0) is 7.05 Å². The van der Waals surface area contributed by atoms with Crippen LogP contribution >= 0.6 is 0 Å². The second kappa shape index (κ2) is 6.72. The Morgan fingerprint density at radius 2 is 1.59 bits per heavy atom. The van der Waals surface area contributed by atoms with Gasteiger partial charge in [-0.25, -0.2) is 4.57 Å². The van der Waals surface area contributed by atoms with Crippen molar-refractivity contribution >= 4 is 49.0 Å². The normalized spacial score (nSPS) is 17.2. The van der Waals surface area contributed by atoms with E-state index >= 15 is 0 Å². The fourth-order valence-electron chi connectivity index (χ4n) is 7.03. The van der Waals surface area contributed by atoms with Crippen molar-refractivity contribution in [1.29, 1.82) is 0 Å². The molecule has 0 aliphatic heterocycles. The third kappa shape index (κ3) is 2.60. The van der Waals surface area contributed by atoms with Crippen LogP contribution in [0.1, 0.15) is 62.1 Å². The Balaban J connectivity index is 1.70. The number of nitrogens with zero attached hydrogens (tertiary/aromatic N) is 2. The van der Waals surface area contributed by atoms with Gasteiger partial charge < -0.3 is 4.40 Å². The molecule has 7 rings (SSSR count). The molecule has 3 aromatic carbocycles. The summed E-state index contributed by atoms with van der Waals surface area (Å²) in [6.45, 7) is 9.43. The standard InChI is InChI=1S/C32H33N2/c1-19-16-20(2)28-30-29-22(12-15-33(30)5)17-23(21-10-13-32(3,4)14-11-21)18-26(29)34-25-9-7-6-8-24(25)27(19)31(28)34/h6-9,12,15-18,21H,10-11,13-14H2,1-5H3/q+1. The van der Waals surface area contributed by atoms with Crippen LogP contribution in [-0.4, -0.2) is 4.40 Å². The van der Waals surface area contributed by atoms with Crippen LogP contribution in [0.4, 0.5) is 0 Å². The predicted octanol–water partition coefficient (Wildman–Crippen LogP) is 8.12. The van der Waals surface area contributed by atoms with E-state index in [2.05, 4.69) is 98.4 Å². The molecule has 2 nitrogen and oxygen atoms in total. The molecule has 0 saturated heterocycles. The maximum atomic E-state index is 2.59. The van der Waals surface area contributed by atoms with Crippen molar-refractivity contribution in [2.75, 3.05) is 0 Å². The van der Waals surface area contributed by atoms with Gasteiger partial charge >= 0.3 is 0 Å². The quantitative estimate of drug-likeness (QED) is 0.137. The van der Waals surface area contributed by atoms with E-state index in [1.165, 1.54) is 91.4 Å². The van der Waals surface area contributed by atoms with Crippen LogP contribution in [0.15, 0.2) is 54.7 Å². The molecule has 6 aromatic rings. The summed E-state index contributed by atoms with van der Waals surface area (Å²) in [7, 11) is 2.21. The Hall–Kier alpha value is -3.13. The molecule has 0 bridgehead atoms. The molecule has 0 radical (unpaired) electrons. The lowest BCUT2D eigenvalue weighted by atomic mass is 9.71. The number of hydrogen-bond donors (Lipinski definition) is 0. The zero-order valence-electron chi connectivity index (χ0n) is 21.0. The highest BCUT2D eigenvalue weighted by atomic mass is 15.0. The number of rotatable bonds is 1. The highest BCUT2D eigenvalue weighted by Crippen LogP contribution is 2.46. The highest BCUT2D eigenvalue weighted by Gasteiger charge is 2.30. The van der Waals surface area contributed by atoms with Crippen LogP contribution in [0.2, 0.25) is 0 Å². The van der Waals surface area contributed by atoms with Crippen LogP contribution < -0.4 is 4.57 Å². The van der Waals surface area contributed by atoms with Gasteiger partial charge in [0.15, 0.2) is 6.20 Å². The van der Waals surface area contributed by atoms with E-state index in [-0.39, 0.29) is 0 Å². The Bertz CT molecular complexity index is 1760. The third-order valence-corrected chi connectivity index (χ3v) is 8.86. The summed E-state index contributed by atoms with van der Waals surface area (Å²) in [4.78, 5) is 0. The first-order valence-electron chi connectivity index (χ1n) is 12.8. The van der Waals surface area contributed by atoms with Crippen molar-refractivity contribution in [3.8, 4) is 0 Å². The molecular formula is C32H33N2+. The molecule has 0 atom stereocenters. The van der Waals surface area contributed by atoms with Crippen LogP contribution in [0.25, 0.3) is 49.0 Å². The molecule has 3 aromatic heterocycles. The topological polar surface area (TPSA) is 8.29 Å². The summed E-state index contributed by atoms with van der Waals surface area (Å²) in [5, 5.41) is 6.94. The predicted molar refractivity (Wildman–Crippen MR) is 144 cm³/mol. The number of para-hydroxylation sites is 1. The van der Waals surface area contributed by atoms with E-state index in [1.54, 1.807) is 0 Å². The first-order valence-corrected chi connectivity index (χ1v) is 12.8. The van der Waals surface area contributed by atoms with E-state index in [4.69, 9.17) is 0 Å². The van der Waals surface area contributed by atoms with Gasteiger partial charge in [0.1, 0.15) is 7.05 Å². The summed E-state index contributed by atoms with van der Waals surface area (Å²) in [6.07, 6.45) is 7.48. The van der Waals surface area contributed by atoms with Gasteiger partial charge in [0.25, 0.3) is 0 Å². The van der Waals surface area contributed by atoms with Crippen molar-refractivity contribution in [3.63, 3.8) is 0 Å². The number of aromatic nitrogens is 2. The van der Waals surface area contributed by atoms with Gasteiger partial charge in [-0.15, -0.1) is 0 Å². The summed E-state index contributed by atoms with van der Waals surface area (Å²) < 4.78 is 4.93. The van der Waals surface area contributed by atoms with Crippen molar-refractivity contribution in [2.45, 2.75) is 59.3 Å². The van der Waals surface area contributed by atoms with Crippen molar-refractivity contribution in [1.82, 2.24) is 4.40 Å². The molecule has 1 aliphatic carbocycles. The van der Waals surface area contributed by atoms with Gasteiger partial charge in [-0.3, -0.25) is 0 Å². The van der Waals surface area contributed by atoms with Crippen molar-refractivity contribution in [2.24, 2.45) is 12.5 Å². The largest absolute Gasteiger partial charge is 0.307 e. The maximum Gasteiger partial charge on any atom is 0.224 e. The molecular weight excluding hydrogens is 412 g/mol. The Labute approximate surface area is 201 Å².